The third kappa shape index (κ3) is 6.60. The first-order valence-electron chi connectivity index (χ1n) is 9.53. The van der Waals surface area contributed by atoms with Gasteiger partial charge in [-0.05, 0) is 42.3 Å². The van der Waals surface area contributed by atoms with Crippen LogP contribution in [0.15, 0.2) is 72.1 Å². The van der Waals surface area contributed by atoms with Gasteiger partial charge in [0.05, 0.1) is 5.71 Å². The molecule has 1 amide bonds. The summed E-state index contributed by atoms with van der Waals surface area (Å²) in [5, 5.41) is 3.76. The number of rotatable bonds is 7. The highest BCUT2D eigenvalue weighted by Crippen LogP contribution is 2.17. The van der Waals surface area contributed by atoms with Gasteiger partial charge in [0.1, 0.15) is 0 Å². The van der Waals surface area contributed by atoms with E-state index in [9.17, 15) is 18.0 Å². The first-order chi connectivity index (χ1) is 15.1. The number of carbonyl (C=O) groups is 1. The number of aromatic nitrogens is 2. The standard InChI is InChI=1S/C21H15F3N4O.C2H6/c22-17-11-16(12-18(23)20(17)24)19(28-27-13-29)7-2-5-14-4-1-6-15(10-14)21-25-8-3-9-26-21;1-2/h1-4,6-13H,5H2,(H,27,29);1-2H3/b7-2-,28-19+;. The molecule has 0 aliphatic heterocycles. The van der Waals surface area contributed by atoms with Crippen LogP contribution in [-0.4, -0.2) is 22.1 Å². The smallest absolute Gasteiger partial charge is 0.227 e. The zero-order valence-corrected chi connectivity index (χ0v) is 17.0. The Morgan fingerprint density at radius 1 is 1.03 bits per heavy atom. The minimum absolute atomic E-state index is 0.0153. The molecule has 5 nitrogen and oxygen atoms in total. The van der Waals surface area contributed by atoms with Crippen molar-refractivity contribution in [2.24, 2.45) is 5.10 Å². The number of nitrogens with zero attached hydrogens (tertiary/aromatic N) is 3. The van der Waals surface area contributed by atoms with Gasteiger partial charge in [0, 0.05) is 23.5 Å². The maximum atomic E-state index is 13.5. The largest absolute Gasteiger partial charge is 0.277 e. The molecular formula is C23H21F3N4O. The van der Waals surface area contributed by atoms with Crippen molar-refractivity contribution >= 4 is 12.1 Å². The lowest BCUT2D eigenvalue weighted by Gasteiger charge is -2.05. The normalized spacial score (nSPS) is 11.1. The predicted octanol–water partition coefficient (Wildman–Crippen LogP) is 4.84. The Morgan fingerprint density at radius 3 is 2.35 bits per heavy atom. The number of allylic oxidation sites excluding steroid dienone is 2. The Morgan fingerprint density at radius 2 is 1.71 bits per heavy atom. The quantitative estimate of drug-likeness (QED) is 0.255. The number of benzene rings is 2. The first kappa shape index (κ1) is 23.5. The van der Waals surface area contributed by atoms with E-state index in [2.05, 4.69) is 20.5 Å². The van der Waals surface area contributed by atoms with Gasteiger partial charge in [-0.15, -0.1) is 0 Å². The Labute approximate surface area is 178 Å². The Bertz CT molecular complexity index is 1050. The molecule has 3 aromatic rings. The highest BCUT2D eigenvalue weighted by Gasteiger charge is 2.13. The van der Waals surface area contributed by atoms with Crippen LogP contribution in [0.4, 0.5) is 13.2 Å². The molecule has 3 rings (SSSR count). The van der Waals surface area contributed by atoms with E-state index in [1.54, 1.807) is 24.5 Å². The second kappa shape index (κ2) is 12.0. The molecule has 1 aromatic heterocycles. The van der Waals surface area contributed by atoms with E-state index in [1.807, 2.05) is 38.1 Å². The summed E-state index contributed by atoms with van der Waals surface area (Å²) in [6, 6.07) is 10.9. The molecule has 0 atom stereocenters. The fourth-order valence-corrected chi connectivity index (χ4v) is 2.59. The van der Waals surface area contributed by atoms with Crippen molar-refractivity contribution in [1.29, 1.82) is 0 Å². The Balaban J connectivity index is 0.00000166. The van der Waals surface area contributed by atoms with Crippen LogP contribution in [-0.2, 0) is 11.2 Å². The highest BCUT2D eigenvalue weighted by atomic mass is 19.2. The topological polar surface area (TPSA) is 67.2 Å². The molecule has 1 N–H and O–H groups in total. The van der Waals surface area contributed by atoms with E-state index in [0.29, 0.717) is 18.7 Å². The van der Waals surface area contributed by atoms with Crippen LogP contribution >= 0.6 is 0 Å². The van der Waals surface area contributed by atoms with Crippen molar-refractivity contribution in [3.63, 3.8) is 0 Å². The van der Waals surface area contributed by atoms with Crippen molar-refractivity contribution < 1.29 is 18.0 Å². The zero-order valence-electron chi connectivity index (χ0n) is 17.0. The minimum Gasteiger partial charge on any atom is -0.277 e. The molecule has 0 spiro atoms. The van der Waals surface area contributed by atoms with Crippen LogP contribution in [0.5, 0.6) is 0 Å². The Kier molecular flexibility index (Phi) is 9.10. The average molecular weight is 426 g/mol. The Hall–Kier alpha value is -3.81. The molecule has 0 saturated carbocycles. The summed E-state index contributed by atoms with van der Waals surface area (Å²) in [5.74, 6) is -3.67. The number of amides is 1. The van der Waals surface area contributed by atoms with Crippen molar-refractivity contribution in [2.45, 2.75) is 20.3 Å². The number of carbonyl (C=O) groups excluding carboxylic acids is 1. The molecule has 1 heterocycles. The SMILES string of the molecule is CC.O=CN/N=C(\C=C/Cc1cccc(-c2ncccn2)c1)c1cc(F)c(F)c(F)c1. The minimum atomic E-state index is -1.57. The summed E-state index contributed by atoms with van der Waals surface area (Å²) in [6.45, 7) is 4.00. The second-order valence-electron chi connectivity index (χ2n) is 5.88. The highest BCUT2D eigenvalue weighted by molar-refractivity contribution is 6.08. The number of hydrazone groups is 1. The summed E-state index contributed by atoms with van der Waals surface area (Å²) in [6.07, 6.45) is 7.27. The van der Waals surface area contributed by atoms with Crippen LogP contribution < -0.4 is 5.43 Å². The first-order valence-corrected chi connectivity index (χ1v) is 9.53. The van der Waals surface area contributed by atoms with Crippen molar-refractivity contribution in [2.75, 3.05) is 0 Å². The molecule has 2 aromatic carbocycles. The van der Waals surface area contributed by atoms with Crippen LogP contribution in [0.25, 0.3) is 11.4 Å². The summed E-state index contributed by atoms with van der Waals surface area (Å²) in [4.78, 5) is 18.9. The van der Waals surface area contributed by atoms with E-state index in [0.717, 1.165) is 23.3 Å². The molecule has 0 bridgehead atoms. The van der Waals surface area contributed by atoms with Crippen LogP contribution in [0, 0.1) is 17.5 Å². The zero-order chi connectivity index (χ0) is 22.6. The predicted molar refractivity (Wildman–Crippen MR) is 114 cm³/mol. The van der Waals surface area contributed by atoms with E-state index < -0.39 is 17.5 Å². The molecular weight excluding hydrogens is 405 g/mol. The molecule has 0 aliphatic rings. The maximum Gasteiger partial charge on any atom is 0.227 e. The van der Waals surface area contributed by atoms with Crippen molar-refractivity contribution in [3.05, 3.63) is 95.6 Å². The van der Waals surface area contributed by atoms with Crippen LogP contribution in [0.3, 0.4) is 0 Å². The van der Waals surface area contributed by atoms with Gasteiger partial charge in [0.2, 0.25) is 6.41 Å². The van der Waals surface area contributed by atoms with Gasteiger partial charge in [0.25, 0.3) is 0 Å². The number of nitrogens with one attached hydrogen (secondary N) is 1. The maximum absolute atomic E-state index is 13.5. The average Bonchev–Trinajstić information content (AvgIpc) is 2.81. The molecule has 0 saturated heterocycles. The van der Waals surface area contributed by atoms with Gasteiger partial charge in [-0.3, -0.25) is 4.79 Å². The summed E-state index contributed by atoms with van der Waals surface area (Å²) in [7, 11) is 0. The van der Waals surface area contributed by atoms with E-state index >= 15 is 0 Å². The van der Waals surface area contributed by atoms with E-state index in [1.165, 1.54) is 6.08 Å². The molecule has 0 unspecified atom stereocenters. The van der Waals surface area contributed by atoms with Gasteiger partial charge in [-0.2, -0.15) is 5.10 Å². The van der Waals surface area contributed by atoms with Crippen LogP contribution in [0.2, 0.25) is 0 Å². The monoisotopic (exact) mass is 426 g/mol. The summed E-state index contributed by atoms with van der Waals surface area (Å²) in [5.41, 5.74) is 3.91. The summed E-state index contributed by atoms with van der Waals surface area (Å²) >= 11 is 0. The second-order valence-corrected chi connectivity index (χ2v) is 5.88. The van der Waals surface area contributed by atoms with Crippen LogP contribution in [0.1, 0.15) is 25.0 Å². The van der Waals surface area contributed by atoms with Crippen molar-refractivity contribution in [1.82, 2.24) is 15.4 Å². The molecule has 160 valence electrons. The fourth-order valence-electron chi connectivity index (χ4n) is 2.59. The lowest BCUT2D eigenvalue weighted by Crippen LogP contribution is -2.09. The number of hydrogen-bond acceptors (Lipinski definition) is 4. The molecule has 0 radical (unpaired) electrons. The van der Waals surface area contributed by atoms with Gasteiger partial charge >= 0.3 is 0 Å². The van der Waals surface area contributed by atoms with Gasteiger partial charge in [0.15, 0.2) is 23.3 Å². The molecule has 0 aliphatic carbocycles. The molecule has 31 heavy (non-hydrogen) atoms. The van der Waals surface area contributed by atoms with E-state index in [-0.39, 0.29) is 11.3 Å². The fraction of sp³-hybridized carbons (Fsp3) is 0.130. The van der Waals surface area contributed by atoms with Gasteiger partial charge in [-0.1, -0.05) is 38.1 Å². The summed E-state index contributed by atoms with van der Waals surface area (Å²) < 4.78 is 40.2. The lowest BCUT2D eigenvalue weighted by atomic mass is 10.1. The number of hydrogen-bond donors (Lipinski definition) is 1. The van der Waals surface area contributed by atoms with Gasteiger partial charge < -0.3 is 0 Å². The van der Waals surface area contributed by atoms with Gasteiger partial charge in [-0.25, -0.2) is 28.6 Å². The number of halogens is 3. The third-order valence-electron chi connectivity index (χ3n) is 3.90. The third-order valence-corrected chi connectivity index (χ3v) is 3.90. The van der Waals surface area contributed by atoms with E-state index in [4.69, 9.17) is 0 Å². The lowest BCUT2D eigenvalue weighted by molar-refractivity contribution is -0.109. The molecule has 8 heteroatoms. The molecule has 0 fully saturated rings. The van der Waals surface area contributed by atoms with Crippen molar-refractivity contribution in [3.8, 4) is 11.4 Å².